The fourth-order valence-corrected chi connectivity index (χ4v) is 1.71. The summed E-state index contributed by atoms with van der Waals surface area (Å²) < 4.78 is 38.7. The molecule has 0 unspecified atom stereocenters. The molecule has 0 fully saturated rings. The molecule has 0 bridgehead atoms. The van der Waals surface area contributed by atoms with Crippen LogP contribution in [0, 0.1) is 0 Å². The highest BCUT2D eigenvalue weighted by Gasteiger charge is 2.32. The average molecular weight is 338 g/mol. The molecule has 0 aliphatic rings. The van der Waals surface area contributed by atoms with E-state index in [2.05, 4.69) is 10.1 Å². The van der Waals surface area contributed by atoms with Crippen molar-refractivity contribution in [1.82, 2.24) is 19.7 Å². The van der Waals surface area contributed by atoms with E-state index in [0.29, 0.717) is 0 Å². The summed E-state index contributed by atoms with van der Waals surface area (Å²) in [7, 11) is 3.41. The van der Waals surface area contributed by atoms with Gasteiger partial charge in [0, 0.05) is 38.6 Å². The van der Waals surface area contributed by atoms with Gasteiger partial charge in [0.05, 0.1) is 11.9 Å². The molecule has 0 saturated carbocycles. The van der Waals surface area contributed by atoms with E-state index < -0.39 is 23.1 Å². The molecule has 0 saturated heterocycles. The predicted molar refractivity (Wildman–Crippen MR) is 79.8 cm³/mol. The Balaban J connectivity index is 2.38. The second-order valence-electron chi connectivity index (χ2n) is 5.02. The van der Waals surface area contributed by atoms with E-state index in [4.69, 9.17) is 0 Å². The van der Waals surface area contributed by atoms with E-state index in [0.717, 1.165) is 29.1 Å². The Kier molecular flexibility index (Phi) is 4.82. The van der Waals surface area contributed by atoms with Crippen molar-refractivity contribution < 1.29 is 18.0 Å². The Morgan fingerprint density at radius 1 is 1.25 bits per heavy atom. The fourth-order valence-electron chi connectivity index (χ4n) is 1.71. The Hall–Kier alpha value is -2.97. The van der Waals surface area contributed by atoms with Crippen LogP contribution in [0.1, 0.15) is 16.2 Å². The molecular formula is C15H13F3N4O2. The van der Waals surface area contributed by atoms with Gasteiger partial charge in [-0.25, -0.2) is 9.67 Å². The lowest BCUT2D eigenvalue weighted by atomic mass is 10.2. The first-order chi connectivity index (χ1) is 11.2. The fraction of sp³-hybridized carbons (Fsp3) is 0.200. The van der Waals surface area contributed by atoms with Crippen LogP contribution in [-0.4, -0.2) is 39.5 Å². The highest BCUT2D eigenvalue weighted by molar-refractivity contribution is 6.02. The van der Waals surface area contributed by atoms with Crippen molar-refractivity contribution in [1.29, 1.82) is 0 Å². The molecule has 0 N–H and O–H groups in total. The van der Waals surface area contributed by atoms with E-state index in [1.165, 1.54) is 18.5 Å². The normalized spacial score (nSPS) is 11.7. The van der Waals surface area contributed by atoms with Gasteiger partial charge in [-0.15, -0.1) is 0 Å². The lowest BCUT2D eigenvalue weighted by Gasteiger charge is -2.08. The number of alkyl halides is 3. The number of aromatic nitrogens is 3. The maximum Gasteiger partial charge on any atom is 0.433 e. The van der Waals surface area contributed by atoms with Crippen LogP contribution < -0.4 is 5.43 Å². The number of rotatable bonds is 4. The van der Waals surface area contributed by atoms with Gasteiger partial charge in [0.2, 0.25) is 11.2 Å². The molecule has 24 heavy (non-hydrogen) atoms. The standard InChI is InChI=1S/C15H13F3N4O2/c1-21(2)7-5-11(23)14-12(24)6-8-22(20-14)10-3-4-13(19-9-10)15(16,17)18/h3-9H,1-2H3/b7-5+. The summed E-state index contributed by atoms with van der Waals surface area (Å²) in [5.41, 5.74) is -1.78. The molecule has 126 valence electrons. The van der Waals surface area contributed by atoms with Crippen LogP contribution in [0.2, 0.25) is 0 Å². The molecule has 0 aliphatic carbocycles. The number of hydrogen-bond donors (Lipinski definition) is 0. The number of pyridine rings is 1. The summed E-state index contributed by atoms with van der Waals surface area (Å²) in [4.78, 5) is 28.7. The zero-order chi connectivity index (χ0) is 17.9. The molecule has 6 nitrogen and oxygen atoms in total. The van der Waals surface area contributed by atoms with Gasteiger partial charge in [0.1, 0.15) is 5.69 Å². The van der Waals surface area contributed by atoms with Crippen LogP contribution in [0.3, 0.4) is 0 Å². The summed E-state index contributed by atoms with van der Waals surface area (Å²) in [5, 5.41) is 3.88. The Labute approximate surface area is 134 Å². The number of carbonyl (C=O) groups excluding carboxylic acids is 1. The molecule has 0 atom stereocenters. The summed E-state index contributed by atoms with van der Waals surface area (Å²) in [6, 6.07) is 3.06. The summed E-state index contributed by atoms with van der Waals surface area (Å²) in [5.74, 6) is -0.608. The smallest absolute Gasteiger partial charge is 0.383 e. The number of allylic oxidation sites excluding steroid dienone is 1. The maximum atomic E-state index is 12.5. The molecule has 9 heteroatoms. The van der Waals surface area contributed by atoms with Crippen molar-refractivity contribution in [3.05, 3.63) is 64.5 Å². The SMILES string of the molecule is CN(C)/C=C/C(=O)c1nn(-c2ccc(C(F)(F)F)nc2)ccc1=O. The maximum absolute atomic E-state index is 12.5. The molecule has 0 spiro atoms. The molecule has 0 amide bonds. The average Bonchev–Trinajstić information content (AvgIpc) is 2.52. The third-order valence-corrected chi connectivity index (χ3v) is 2.87. The van der Waals surface area contributed by atoms with Gasteiger partial charge < -0.3 is 4.90 Å². The van der Waals surface area contributed by atoms with Gasteiger partial charge in [0.25, 0.3) is 0 Å². The minimum atomic E-state index is -4.55. The summed E-state index contributed by atoms with van der Waals surface area (Å²) >= 11 is 0. The number of halogens is 3. The highest BCUT2D eigenvalue weighted by atomic mass is 19.4. The third-order valence-electron chi connectivity index (χ3n) is 2.87. The van der Waals surface area contributed by atoms with Crippen molar-refractivity contribution in [2.24, 2.45) is 0 Å². The summed E-state index contributed by atoms with van der Waals surface area (Å²) in [6.07, 6.45) is 0.302. The third kappa shape index (κ3) is 4.06. The van der Waals surface area contributed by atoms with Crippen molar-refractivity contribution in [3.63, 3.8) is 0 Å². The zero-order valence-corrected chi connectivity index (χ0v) is 12.8. The molecular weight excluding hydrogens is 325 g/mol. The van der Waals surface area contributed by atoms with Crippen LogP contribution in [-0.2, 0) is 6.18 Å². The molecule has 2 aromatic rings. The van der Waals surface area contributed by atoms with E-state index >= 15 is 0 Å². The largest absolute Gasteiger partial charge is 0.433 e. The summed E-state index contributed by atoms with van der Waals surface area (Å²) in [6.45, 7) is 0. The van der Waals surface area contributed by atoms with Gasteiger partial charge in [0.15, 0.2) is 5.69 Å². The lowest BCUT2D eigenvalue weighted by molar-refractivity contribution is -0.141. The van der Waals surface area contributed by atoms with Gasteiger partial charge in [-0.1, -0.05) is 0 Å². The number of hydrogen-bond acceptors (Lipinski definition) is 5. The van der Waals surface area contributed by atoms with Crippen LogP contribution in [0.5, 0.6) is 0 Å². The number of carbonyl (C=O) groups is 1. The minimum Gasteiger partial charge on any atom is -0.383 e. The molecule has 2 aromatic heterocycles. The second-order valence-corrected chi connectivity index (χ2v) is 5.02. The van der Waals surface area contributed by atoms with Crippen LogP contribution in [0.15, 0.2) is 47.7 Å². The highest BCUT2D eigenvalue weighted by Crippen LogP contribution is 2.27. The molecule has 0 aliphatic heterocycles. The van der Waals surface area contributed by atoms with E-state index in [1.54, 1.807) is 19.0 Å². The van der Waals surface area contributed by atoms with Crippen LogP contribution >= 0.6 is 0 Å². The first-order valence-electron chi connectivity index (χ1n) is 6.71. The van der Waals surface area contributed by atoms with Crippen LogP contribution in [0.4, 0.5) is 13.2 Å². The Bertz CT molecular complexity index is 824. The molecule has 0 radical (unpaired) electrons. The van der Waals surface area contributed by atoms with Gasteiger partial charge in [-0.2, -0.15) is 18.3 Å². The van der Waals surface area contributed by atoms with Gasteiger partial charge >= 0.3 is 6.18 Å². The van der Waals surface area contributed by atoms with E-state index in [1.807, 2.05) is 0 Å². The predicted octanol–water partition coefficient (Wildman–Crippen LogP) is 1.90. The van der Waals surface area contributed by atoms with Crippen LogP contribution in [0.25, 0.3) is 5.69 Å². The monoisotopic (exact) mass is 338 g/mol. The number of ketones is 1. The molecule has 2 rings (SSSR count). The van der Waals surface area contributed by atoms with Crippen molar-refractivity contribution in [2.45, 2.75) is 6.18 Å². The van der Waals surface area contributed by atoms with E-state index in [9.17, 15) is 22.8 Å². The van der Waals surface area contributed by atoms with Gasteiger partial charge in [-0.05, 0) is 12.1 Å². The van der Waals surface area contributed by atoms with Crippen molar-refractivity contribution >= 4 is 5.78 Å². The minimum absolute atomic E-state index is 0.189. The Morgan fingerprint density at radius 2 is 1.96 bits per heavy atom. The topological polar surface area (TPSA) is 68.1 Å². The second kappa shape index (κ2) is 6.65. The van der Waals surface area contributed by atoms with Crippen molar-refractivity contribution in [2.75, 3.05) is 14.1 Å². The Morgan fingerprint density at radius 3 is 2.50 bits per heavy atom. The quantitative estimate of drug-likeness (QED) is 0.629. The van der Waals surface area contributed by atoms with Crippen molar-refractivity contribution in [3.8, 4) is 5.69 Å². The number of nitrogens with zero attached hydrogens (tertiary/aromatic N) is 4. The van der Waals surface area contributed by atoms with E-state index in [-0.39, 0.29) is 11.4 Å². The first-order valence-corrected chi connectivity index (χ1v) is 6.71. The lowest BCUT2D eigenvalue weighted by Crippen LogP contribution is -2.20. The zero-order valence-electron chi connectivity index (χ0n) is 12.8. The molecule has 2 heterocycles. The molecule has 0 aromatic carbocycles. The van der Waals surface area contributed by atoms with Gasteiger partial charge in [-0.3, -0.25) is 9.59 Å². The first kappa shape index (κ1) is 17.4.